The van der Waals surface area contributed by atoms with Crippen molar-refractivity contribution in [2.24, 2.45) is 5.73 Å². The van der Waals surface area contributed by atoms with Crippen LogP contribution in [-0.2, 0) is 0 Å². The van der Waals surface area contributed by atoms with Crippen molar-refractivity contribution < 1.29 is 4.74 Å². The van der Waals surface area contributed by atoms with Crippen LogP contribution in [0.3, 0.4) is 0 Å². The zero-order valence-electron chi connectivity index (χ0n) is 15.3. The highest BCUT2D eigenvalue weighted by molar-refractivity contribution is 6.03. The van der Waals surface area contributed by atoms with Crippen molar-refractivity contribution in [3.05, 3.63) is 23.8 Å². The first-order valence-electron chi connectivity index (χ1n) is 8.60. The predicted molar refractivity (Wildman–Crippen MR) is 105 cm³/mol. The van der Waals surface area contributed by atoms with Crippen molar-refractivity contribution in [2.45, 2.75) is 25.8 Å². The second kappa shape index (κ2) is 7.07. The summed E-state index contributed by atoms with van der Waals surface area (Å²) in [7, 11) is 3.32. The van der Waals surface area contributed by atoms with Crippen LogP contribution in [0.4, 0.5) is 17.5 Å². The zero-order valence-corrected chi connectivity index (χ0v) is 15.3. The quantitative estimate of drug-likeness (QED) is 0.367. The van der Waals surface area contributed by atoms with Crippen LogP contribution in [-0.4, -0.2) is 42.5 Å². The first-order chi connectivity index (χ1) is 12.4. The van der Waals surface area contributed by atoms with Gasteiger partial charge < -0.3 is 26.4 Å². The van der Waals surface area contributed by atoms with Crippen LogP contribution >= 0.6 is 0 Å². The lowest BCUT2D eigenvalue weighted by Crippen LogP contribution is -2.27. The summed E-state index contributed by atoms with van der Waals surface area (Å²) in [6, 6.07) is 5.97. The Morgan fingerprint density at radius 1 is 1.35 bits per heavy atom. The number of nitrogens with one attached hydrogen (secondary N) is 2. The SMILES string of the molecule is CNc1nc(-c2cc(N)c(C(=N)N)c(OC)c2)cc(N2CCCC2C)n1. The van der Waals surface area contributed by atoms with Crippen molar-refractivity contribution in [3.8, 4) is 17.0 Å². The van der Waals surface area contributed by atoms with Gasteiger partial charge in [-0.1, -0.05) is 0 Å². The summed E-state index contributed by atoms with van der Waals surface area (Å²) in [5.41, 5.74) is 14.0. The molecule has 138 valence electrons. The average molecular weight is 355 g/mol. The molecule has 0 aliphatic carbocycles. The standard InChI is InChI=1S/C18H25N7O/c1-10-5-4-6-25(10)15-9-13(23-18(22-2)24-15)11-7-12(19)16(17(20)21)14(8-11)26-3/h7-10H,4-6,19H2,1-3H3,(H3,20,21)(H,22,23,24). The smallest absolute Gasteiger partial charge is 0.224 e. The fraction of sp³-hybridized carbons (Fsp3) is 0.389. The van der Waals surface area contributed by atoms with Crippen LogP contribution in [0.25, 0.3) is 11.3 Å². The van der Waals surface area contributed by atoms with Crippen LogP contribution in [0, 0.1) is 5.41 Å². The maximum absolute atomic E-state index is 7.70. The second-order valence-electron chi connectivity index (χ2n) is 6.43. The van der Waals surface area contributed by atoms with Crippen molar-refractivity contribution >= 4 is 23.3 Å². The molecule has 1 aliphatic rings. The maximum Gasteiger partial charge on any atom is 0.224 e. The average Bonchev–Trinajstić information content (AvgIpc) is 3.06. The summed E-state index contributed by atoms with van der Waals surface area (Å²) in [5, 5.41) is 10.7. The zero-order chi connectivity index (χ0) is 18.8. The lowest BCUT2D eigenvalue weighted by Gasteiger charge is -2.23. The van der Waals surface area contributed by atoms with E-state index >= 15 is 0 Å². The van der Waals surface area contributed by atoms with Crippen molar-refractivity contribution in [2.75, 3.05) is 36.7 Å². The molecule has 1 aliphatic heterocycles. The molecule has 8 nitrogen and oxygen atoms in total. The lowest BCUT2D eigenvalue weighted by molar-refractivity contribution is 0.414. The Morgan fingerprint density at radius 3 is 2.69 bits per heavy atom. The minimum Gasteiger partial charge on any atom is -0.496 e. The first kappa shape index (κ1) is 17.8. The van der Waals surface area contributed by atoms with Crippen molar-refractivity contribution in [1.82, 2.24) is 9.97 Å². The predicted octanol–water partition coefficient (Wildman–Crippen LogP) is 2.05. The maximum atomic E-state index is 7.70. The molecule has 1 saturated heterocycles. The number of nitrogens with zero attached hydrogens (tertiary/aromatic N) is 3. The van der Waals surface area contributed by atoms with E-state index in [0.717, 1.165) is 36.5 Å². The largest absolute Gasteiger partial charge is 0.496 e. The summed E-state index contributed by atoms with van der Waals surface area (Å²) >= 11 is 0. The first-order valence-corrected chi connectivity index (χ1v) is 8.60. The van der Waals surface area contributed by atoms with E-state index in [0.29, 0.717) is 29.0 Å². The summed E-state index contributed by atoms with van der Waals surface area (Å²) in [6.07, 6.45) is 2.31. The number of nitrogen functional groups attached to an aromatic ring is 2. The van der Waals surface area contributed by atoms with Crippen LogP contribution in [0.15, 0.2) is 18.2 Å². The van der Waals surface area contributed by atoms with Crippen LogP contribution in [0.2, 0.25) is 0 Å². The van der Waals surface area contributed by atoms with E-state index in [9.17, 15) is 0 Å². The number of anilines is 3. The van der Waals surface area contributed by atoms with Crippen LogP contribution < -0.4 is 26.4 Å². The topological polar surface area (TPSA) is 126 Å². The van der Waals surface area contributed by atoms with Gasteiger partial charge in [-0.05, 0) is 31.9 Å². The van der Waals surface area contributed by atoms with E-state index in [2.05, 4.69) is 27.1 Å². The number of nitrogens with two attached hydrogens (primary N) is 2. The molecule has 0 saturated carbocycles. The minimum absolute atomic E-state index is 0.129. The molecule has 1 unspecified atom stereocenters. The van der Waals surface area contributed by atoms with Crippen LogP contribution in [0.1, 0.15) is 25.3 Å². The normalized spacial score (nSPS) is 16.6. The lowest BCUT2D eigenvalue weighted by atomic mass is 10.0. The van der Waals surface area contributed by atoms with Gasteiger partial charge in [-0.15, -0.1) is 0 Å². The second-order valence-corrected chi connectivity index (χ2v) is 6.43. The Hall–Kier alpha value is -3.03. The number of amidine groups is 1. The summed E-state index contributed by atoms with van der Waals surface area (Å²) in [5.74, 6) is 1.76. The summed E-state index contributed by atoms with van der Waals surface area (Å²) in [6.45, 7) is 3.19. The summed E-state index contributed by atoms with van der Waals surface area (Å²) < 4.78 is 5.38. The molecule has 6 N–H and O–H groups in total. The van der Waals surface area contributed by atoms with Gasteiger partial charge >= 0.3 is 0 Å². The van der Waals surface area contributed by atoms with Gasteiger partial charge in [0.15, 0.2) is 0 Å². The van der Waals surface area contributed by atoms with Crippen molar-refractivity contribution in [3.63, 3.8) is 0 Å². The fourth-order valence-electron chi connectivity index (χ4n) is 3.35. The Morgan fingerprint density at radius 2 is 2.12 bits per heavy atom. The van der Waals surface area contributed by atoms with E-state index in [1.54, 1.807) is 19.2 Å². The molecule has 3 rings (SSSR count). The molecule has 1 fully saturated rings. The number of methoxy groups -OCH3 is 1. The van der Waals surface area contributed by atoms with E-state index in [1.165, 1.54) is 7.11 Å². The molecule has 1 aromatic heterocycles. The molecule has 2 aromatic rings. The molecule has 26 heavy (non-hydrogen) atoms. The van der Waals surface area contributed by atoms with E-state index in [-0.39, 0.29) is 5.84 Å². The molecule has 0 radical (unpaired) electrons. The molecule has 8 heteroatoms. The molecule has 0 bridgehead atoms. The number of benzene rings is 1. The van der Waals surface area contributed by atoms with Gasteiger partial charge in [0.1, 0.15) is 17.4 Å². The van der Waals surface area contributed by atoms with E-state index in [1.807, 2.05) is 6.07 Å². The Labute approximate surface area is 153 Å². The number of rotatable bonds is 5. The third-order valence-electron chi connectivity index (χ3n) is 4.70. The summed E-state index contributed by atoms with van der Waals surface area (Å²) in [4.78, 5) is 11.5. The van der Waals surface area contributed by atoms with Gasteiger partial charge in [-0.3, -0.25) is 5.41 Å². The van der Waals surface area contributed by atoms with Gasteiger partial charge in [0, 0.05) is 37.0 Å². The van der Waals surface area contributed by atoms with E-state index < -0.39 is 0 Å². The highest BCUT2D eigenvalue weighted by Gasteiger charge is 2.23. The van der Waals surface area contributed by atoms with Gasteiger partial charge in [0.05, 0.1) is 18.4 Å². The number of ether oxygens (including phenoxy) is 1. The number of hydrogen-bond donors (Lipinski definition) is 4. The van der Waals surface area contributed by atoms with Gasteiger partial charge in [-0.25, -0.2) is 4.98 Å². The Bertz CT molecular complexity index is 837. The third-order valence-corrected chi connectivity index (χ3v) is 4.70. The van der Waals surface area contributed by atoms with E-state index in [4.69, 9.17) is 21.6 Å². The van der Waals surface area contributed by atoms with Gasteiger partial charge in [0.2, 0.25) is 5.95 Å². The van der Waals surface area contributed by atoms with Gasteiger partial charge in [0.25, 0.3) is 0 Å². The minimum atomic E-state index is -0.129. The number of hydrogen-bond acceptors (Lipinski definition) is 7. The highest BCUT2D eigenvalue weighted by atomic mass is 16.5. The van der Waals surface area contributed by atoms with Crippen molar-refractivity contribution in [1.29, 1.82) is 5.41 Å². The highest BCUT2D eigenvalue weighted by Crippen LogP contribution is 2.33. The fourth-order valence-corrected chi connectivity index (χ4v) is 3.35. The molecular formula is C18H25N7O. The molecule has 0 amide bonds. The molecular weight excluding hydrogens is 330 g/mol. The Kier molecular flexibility index (Phi) is 4.83. The van der Waals surface area contributed by atoms with Crippen LogP contribution in [0.5, 0.6) is 5.75 Å². The molecule has 1 atom stereocenters. The van der Waals surface area contributed by atoms with Gasteiger partial charge in [-0.2, -0.15) is 4.98 Å². The molecule has 1 aromatic carbocycles. The monoisotopic (exact) mass is 355 g/mol. The third kappa shape index (κ3) is 3.22. The Balaban J connectivity index is 2.11. The molecule has 0 spiro atoms. The molecule has 2 heterocycles. The number of aromatic nitrogens is 2.